The first-order valence-electron chi connectivity index (χ1n) is 8.34. The molecule has 0 aromatic carbocycles. The molecule has 3 rings (SSSR count). The number of rotatable bonds is 2. The van der Waals surface area contributed by atoms with Gasteiger partial charge in [0.1, 0.15) is 5.78 Å². The van der Waals surface area contributed by atoms with Crippen molar-refractivity contribution < 1.29 is 14.3 Å². The third-order valence-corrected chi connectivity index (χ3v) is 5.84. The van der Waals surface area contributed by atoms with E-state index in [1.54, 1.807) is 0 Å². The molecule has 3 fully saturated rings. The monoisotopic (exact) mass is 280 g/mol. The summed E-state index contributed by atoms with van der Waals surface area (Å²) in [6.45, 7) is 6.96. The summed E-state index contributed by atoms with van der Waals surface area (Å²) in [7, 11) is 0. The van der Waals surface area contributed by atoms with Gasteiger partial charge < -0.3 is 9.47 Å². The Bertz CT molecular complexity index is 357. The molecule has 4 unspecified atom stereocenters. The lowest BCUT2D eigenvalue weighted by molar-refractivity contribution is -0.137. The van der Waals surface area contributed by atoms with Crippen molar-refractivity contribution in [3.05, 3.63) is 0 Å². The van der Waals surface area contributed by atoms with Crippen LogP contribution in [0.15, 0.2) is 0 Å². The Balaban J connectivity index is 1.68. The fourth-order valence-electron chi connectivity index (χ4n) is 4.42. The third-order valence-electron chi connectivity index (χ3n) is 5.84. The van der Waals surface area contributed by atoms with Crippen LogP contribution in [0, 0.1) is 23.7 Å². The summed E-state index contributed by atoms with van der Waals surface area (Å²) in [6.07, 6.45) is 6.12. The molecule has 4 atom stereocenters. The van der Waals surface area contributed by atoms with Gasteiger partial charge in [0.2, 0.25) is 0 Å². The predicted octanol–water partition coefficient (Wildman–Crippen LogP) is 3.21. The van der Waals surface area contributed by atoms with E-state index in [1.165, 1.54) is 0 Å². The Hall–Kier alpha value is -0.410. The first-order chi connectivity index (χ1) is 9.60. The van der Waals surface area contributed by atoms with Crippen LogP contribution in [-0.2, 0) is 14.3 Å². The standard InChI is InChI=1S/C17H28O3/c1-12(2)13-3-4-16(18)15(9-13)14-5-7-20-17(10-14)6-8-19-11-17/h12-15H,3-11H2,1-2H3. The molecule has 1 saturated carbocycles. The van der Waals surface area contributed by atoms with Gasteiger partial charge in [-0.2, -0.15) is 0 Å². The summed E-state index contributed by atoms with van der Waals surface area (Å²) >= 11 is 0. The Labute approximate surface area is 122 Å². The fourth-order valence-corrected chi connectivity index (χ4v) is 4.42. The van der Waals surface area contributed by atoms with Crippen molar-refractivity contribution in [2.45, 2.75) is 58.0 Å². The van der Waals surface area contributed by atoms with Crippen LogP contribution in [0.4, 0.5) is 0 Å². The van der Waals surface area contributed by atoms with Gasteiger partial charge in [0, 0.05) is 32.0 Å². The minimum absolute atomic E-state index is 0.0615. The van der Waals surface area contributed by atoms with Gasteiger partial charge in [-0.25, -0.2) is 0 Å². The molecular weight excluding hydrogens is 252 g/mol. The van der Waals surface area contributed by atoms with E-state index >= 15 is 0 Å². The number of hydrogen-bond donors (Lipinski definition) is 0. The minimum Gasteiger partial charge on any atom is -0.378 e. The smallest absolute Gasteiger partial charge is 0.136 e. The molecular formula is C17H28O3. The van der Waals surface area contributed by atoms with Crippen LogP contribution in [-0.4, -0.2) is 31.2 Å². The summed E-state index contributed by atoms with van der Waals surface area (Å²) in [5, 5.41) is 0. The molecule has 3 heteroatoms. The number of carbonyl (C=O) groups is 1. The van der Waals surface area contributed by atoms with Crippen LogP contribution in [0.25, 0.3) is 0 Å². The average Bonchev–Trinajstić information content (AvgIpc) is 2.87. The molecule has 0 N–H and O–H groups in total. The normalized spacial score (nSPS) is 42.5. The lowest BCUT2D eigenvalue weighted by atomic mass is 9.67. The third kappa shape index (κ3) is 2.80. The van der Waals surface area contributed by atoms with Crippen LogP contribution in [0.5, 0.6) is 0 Å². The second-order valence-corrected chi connectivity index (χ2v) is 7.44. The maximum absolute atomic E-state index is 12.4. The summed E-state index contributed by atoms with van der Waals surface area (Å²) in [6, 6.07) is 0. The van der Waals surface area contributed by atoms with Gasteiger partial charge in [0.25, 0.3) is 0 Å². The van der Waals surface area contributed by atoms with Crippen LogP contribution < -0.4 is 0 Å². The Morgan fingerprint density at radius 2 is 2.10 bits per heavy atom. The van der Waals surface area contributed by atoms with Crippen LogP contribution in [0.3, 0.4) is 0 Å². The first-order valence-corrected chi connectivity index (χ1v) is 8.34. The largest absolute Gasteiger partial charge is 0.378 e. The van der Waals surface area contributed by atoms with E-state index in [1.807, 2.05) is 0 Å². The molecule has 1 aliphatic carbocycles. The lowest BCUT2D eigenvalue weighted by Gasteiger charge is -2.42. The quantitative estimate of drug-likeness (QED) is 0.779. The van der Waals surface area contributed by atoms with Crippen molar-refractivity contribution in [1.82, 2.24) is 0 Å². The van der Waals surface area contributed by atoms with Crippen LogP contribution in [0.1, 0.15) is 52.4 Å². The second kappa shape index (κ2) is 5.76. The maximum atomic E-state index is 12.4. The van der Waals surface area contributed by atoms with Crippen molar-refractivity contribution in [3.63, 3.8) is 0 Å². The van der Waals surface area contributed by atoms with Gasteiger partial charge in [0.15, 0.2) is 0 Å². The zero-order valence-corrected chi connectivity index (χ0v) is 12.9. The van der Waals surface area contributed by atoms with Crippen molar-refractivity contribution in [2.75, 3.05) is 19.8 Å². The molecule has 114 valence electrons. The average molecular weight is 280 g/mol. The number of carbonyl (C=O) groups excluding carboxylic acids is 1. The molecule has 3 aliphatic rings. The number of ketones is 1. The van der Waals surface area contributed by atoms with Crippen molar-refractivity contribution >= 4 is 5.78 Å². The SMILES string of the molecule is CC(C)C1CCC(=O)C(C2CCOC3(CCOC3)C2)C1. The van der Waals surface area contributed by atoms with Gasteiger partial charge >= 0.3 is 0 Å². The molecule has 1 spiro atoms. The van der Waals surface area contributed by atoms with Crippen molar-refractivity contribution in [1.29, 1.82) is 0 Å². The summed E-state index contributed by atoms with van der Waals surface area (Å²) in [5.41, 5.74) is -0.0615. The first kappa shape index (κ1) is 14.5. The van der Waals surface area contributed by atoms with Crippen molar-refractivity contribution in [3.8, 4) is 0 Å². The molecule has 0 radical (unpaired) electrons. The van der Waals surface area contributed by atoms with E-state index in [9.17, 15) is 4.79 Å². The van der Waals surface area contributed by atoms with E-state index in [0.717, 1.165) is 64.3 Å². The maximum Gasteiger partial charge on any atom is 0.136 e. The van der Waals surface area contributed by atoms with E-state index in [4.69, 9.17) is 9.47 Å². The highest BCUT2D eigenvalue weighted by Crippen LogP contribution is 2.44. The van der Waals surface area contributed by atoms with Crippen molar-refractivity contribution in [2.24, 2.45) is 23.7 Å². The molecule has 0 aromatic heterocycles. The Morgan fingerprint density at radius 3 is 2.80 bits per heavy atom. The minimum atomic E-state index is -0.0615. The van der Waals surface area contributed by atoms with E-state index < -0.39 is 0 Å². The molecule has 3 nitrogen and oxygen atoms in total. The Morgan fingerprint density at radius 1 is 1.25 bits per heavy atom. The molecule has 0 bridgehead atoms. The predicted molar refractivity (Wildman–Crippen MR) is 77.5 cm³/mol. The van der Waals surface area contributed by atoms with E-state index in [2.05, 4.69) is 13.8 Å². The highest BCUT2D eigenvalue weighted by molar-refractivity contribution is 5.82. The zero-order chi connectivity index (χ0) is 14.2. The number of Topliss-reactive ketones (excluding diaryl/α,β-unsaturated/α-hetero) is 1. The summed E-state index contributed by atoms with van der Waals surface area (Å²) < 4.78 is 11.6. The van der Waals surface area contributed by atoms with Crippen LogP contribution in [0.2, 0.25) is 0 Å². The number of ether oxygens (including phenoxy) is 2. The Kier molecular flexibility index (Phi) is 4.19. The molecule has 0 amide bonds. The molecule has 2 heterocycles. The molecule has 2 aliphatic heterocycles. The molecule has 20 heavy (non-hydrogen) atoms. The van der Waals surface area contributed by atoms with Gasteiger partial charge in [-0.15, -0.1) is 0 Å². The van der Waals surface area contributed by atoms with Gasteiger partial charge in [-0.3, -0.25) is 4.79 Å². The second-order valence-electron chi connectivity index (χ2n) is 7.44. The number of hydrogen-bond acceptors (Lipinski definition) is 3. The van der Waals surface area contributed by atoms with Gasteiger partial charge in [0.05, 0.1) is 12.2 Å². The van der Waals surface area contributed by atoms with E-state index in [-0.39, 0.29) is 11.5 Å². The fraction of sp³-hybridized carbons (Fsp3) is 0.941. The highest BCUT2D eigenvalue weighted by atomic mass is 16.6. The summed E-state index contributed by atoms with van der Waals surface area (Å²) in [5.74, 6) is 2.77. The van der Waals surface area contributed by atoms with Gasteiger partial charge in [-0.1, -0.05) is 13.8 Å². The zero-order valence-electron chi connectivity index (χ0n) is 12.9. The lowest BCUT2D eigenvalue weighted by Crippen LogP contribution is -2.45. The highest BCUT2D eigenvalue weighted by Gasteiger charge is 2.45. The topological polar surface area (TPSA) is 35.5 Å². The van der Waals surface area contributed by atoms with Gasteiger partial charge in [-0.05, 0) is 43.4 Å². The summed E-state index contributed by atoms with van der Waals surface area (Å²) in [4.78, 5) is 12.4. The molecule has 0 aromatic rings. The molecule has 2 saturated heterocycles. The van der Waals surface area contributed by atoms with Crippen LogP contribution >= 0.6 is 0 Å². The van der Waals surface area contributed by atoms with E-state index in [0.29, 0.717) is 17.6 Å².